The Bertz CT molecular complexity index is 2020. The smallest absolute Gasteiger partial charge is 0.418 e. The monoisotopic (exact) mass is 653 g/mol. The van der Waals surface area contributed by atoms with Crippen LogP contribution >= 0.6 is 0 Å². The number of carbonyl (C=O) groups excluding carboxylic acids is 2. The highest BCUT2D eigenvalue weighted by atomic mass is 19.4. The molecule has 0 radical (unpaired) electrons. The van der Waals surface area contributed by atoms with Crippen molar-refractivity contribution in [2.75, 3.05) is 19.9 Å². The van der Waals surface area contributed by atoms with E-state index in [2.05, 4.69) is 10.3 Å². The minimum atomic E-state index is -4.55. The Balaban J connectivity index is 1.06. The van der Waals surface area contributed by atoms with Crippen molar-refractivity contribution in [2.24, 2.45) is 0 Å². The average molecular weight is 654 g/mol. The number of pyridine rings is 1. The lowest BCUT2D eigenvalue weighted by molar-refractivity contribution is -0.136. The van der Waals surface area contributed by atoms with Gasteiger partial charge in [-0.05, 0) is 77.9 Å². The van der Waals surface area contributed by atoms with Crippen LogP contribution in [0.3, 0.4) is 0 Å². The summed E-state index contributed by atoms with van der Waals surface area (Å²) in [5, 5.41) is 3.21. The lowest BCUT2D eigenvalue weighted by Gasteiger charge is -2.22. The van der Waals surface area contributed by atoms with Crippen LogP contribution < -0.4 is 19.5 Å². The first-order valence-electron chi connectivity index (χ1n) is 15.4. The molecular weight excluding hydrogens is 623 g/mol. The standard InChI is InChI=1S/C37H30F3N3O5/c1-36(26-13-16-30-31(20-26)48-22-47-30)34(44)43(35(45)42-36)17-6-18-46-27-14-11-24(12-15-27)32-25(19-23-7-3-2-4-8-23)21-41-33-28(32)9-5-10-29(33)37(38,39)40/h2-5,7-16,20-21H,6,17-19,22H2,1H3,(H,42,45). The third kappa shape index (κ3) is 5.76. The maximum Gasteiger partial charge on any atom is 0.418 e. The van der Waals surface area contributed by atoms with E-state index < -0.39 is 23.3 Å². The highest BCUT2D eigenvalue weighted by Crippen LogP contribution is 2.40. The highest BCUT2D eigenvalue weighted by Gasteiger charge is 2.49. The number of hydrogen-bond donors (Lipinski definition) is 1. The van der Waals surface area contributed by atoms with Crippen LogP contribution in [0.5, 0.6) is 17.2 Å². The molecule has 8 nitrogen and oxygen atoms in total. The molecule has 4 aromatic carbocycles. The van der Waals surface area contributed by atoms with Crippen LogP contribution in [0.1, 0.15) is 35.6 Å². The number of amides is 3. The number of nitrogens with zero attached hydrogens (tertiary/aromatic N) is 2. The molecule has 1 aromatic heterocycles. The predicted molar refractivity (Wildman–Crippen MR) is 172 cm³/mol. The Hall–Kier alpha value is -5.58. The van der Waals surface area contributed by atoms with Gasteiger partial charge in [-0.15, -0.1) is 0 Å². The van der Waals surface area contributed by atoms with Gasteiger partial charge in [-0.2, -0.15) is 13.2 Å². The van der Waals surface area contributed by atoms with Crippen LogP contribution in [0.2, 0.25) is 0 Å². The molecule has 48 heavy (non-hydrogen) atoms. The first-order valence-corrected chi connectivity index (χ1v) is 15.4. The number of alkyl halides is 3. The first-order chi connectivity index (χ1) is 23.1. The Kier molecular flexibility index (Phi) is 7.90. The van der Waals surface area contributed by atoms with Crippen molar-refractivity contribution in [2.45, 2.75) is 31.5 Å². The molecule has 5 aromatic rings. The van der Waals surface area contributed by atoms with Gasteiger partial charge in [0.2, 0.25) is 6.79 Å². The highest BCUT2D eigenvalue weighted by molar-refractivity contribution is 6.07. The SMILES string of the molecule is CC1(c2ccc3c(c2)OCO3)NC(=O)N(CCCOc2ccc(-c3c(Cc4ccccc4)cnc4c(C(F)(F)F)cccc34)cc2)C1=O. The molecular formula is C37H30F3N3O5. The van der Waals surface area contributed by atoms with E-state index in [1.54, 1.807) is 43.3 Å². The van der Waals surface area contributed by atoms with Crippen LogP contribution in [0.4, 0.5) is 18.0 Å². The topological polar surface area (TPSA) is 90.0 Å². The number of para-hydroxylation sites is 1. The van der Waals surface area contributed by atoms with E-state index in [1.807, 2.05) is 42.5 Å². The molecule has 0 spiro atoms. The number of nitrogens with one attached hydrogen (secondary N) is 1. The van der Waals surface area contributed by atoms with Crippen LogP contribution in [-0.2, 0) is 22.9 Å². The fourth-order valence-electron chi connectivity index (χ4n) is 6.22. The number of ether oxygens (including phenoxy) is 3. The zero-order valence-electron chi connectivity index (χ0n) is 25.8. The van der Waals surface area contributed by atoms with Crippen molar-refractivity contribution in [3.63, 3.8) is 0 Å². The van der Waals surface area contributed by atoms with Crippen LogP contribution in [0.25, 0.3) is 22.0 Å². The summed E-state index contributed by atoms with van der Waals surface area (Å²) in [7, 11) is 0. The van der Waals surface area contributed by atoms with Crippen LogP contribution in [0.15, 0.2) is 97.2 Å². The number of halogens is 3. The van der Waals surface area contributed by atoms with Gasteiger partial charge in [0, 0.05) is 18.1 Å². The molecule has 2 aliphatic rings. The number of rotatable bonds is 9. The second kappa shape index (κ2) is 12.2. The second-order valence-corrected chi connectivity index (χ2v) is 11.8. The predicted octanol–water partition coefficient (Wildman–Crippen LogP) is 7.48. The molecule has 1 fully saturated rings. The molecule has 244 valence electrons. The van der Waals surface area contributed by atoms with Crippen molar-refractivity contribution in [3.05, 3.63) is 119 Å². The minimum absolute atomic E-state index is 0.101. The van der Waals surface area contributed by atoms with E-state index in [9.17, 15) is 22.8 Å². The lowest BCUT2D eigenvalue weighted by atomic mass is 9.91. The number of aromatic nitrogens is 1. The van der Waals surface area contributed by atoms with Crippen molar-refractivity contribution < 1.29 is 37.0 Å². The molecule has 1 atom stereocenters. The molecule has 1 saturated heterocycles. The average Bonchev–Trinajstić information content (AvgIpc) is 3.64. The number of imide groups is 1. The third-order valence-electron chi connectivity index (χ3n) is 8.68. The summed E-state index contributed by atoms with van der Waals surface area (Å²) >= 11 is 0. The molecule has 1 N–H and O–H groups in total. The number of fused-ring (bicyclic) bond motifs is 2. The summed E-state index contributed by atoms with van der Waals surface area (Å²) in [5.41, 5.74) is 1.66. The fraction of sp³-hybridized carbons (Fsp3) is 0.216. The molecule has 3 amide bonds. The quantitative estimate of drug-likeness (QED) is 0.131. The number of benzene rings is 4. The molecule has 2 aliphatic heterocycles. The Morgan fingerprint density at radius 2 is 1.71 bits per heavy atom. The zero-order chi connectivity index (χ0) is 33.5. The second-order valence-electron chi connectivity index (χ2n) is 11.8. The van der Waals surface area contributed by atoms with E-state index in [4.69, 9.17) is 14.2 Å². The molecule has 3 heterocycles. The molecule has 7 rings (SSSR count). The Morgan fingerprint density at radius 1 is 0.938 bits per heavy atom. The maximum atomic E-state index is 13.9. The largest absolute Gasteiger partial charge is 0.494 e. The van der Waals surface area contributed by atoms with E-state index in [1.165, 1.54) is 17.2 Å². The van der Waals surface area contributed by atoms with E-state index in [0.717, 1.165) is 22.8 Å². The van der Waals surface area contributed by atoms with Gasteiger partial charge in [-0.3, -0.25) is 14.7 Å². The first kappa shape index (κ1) is 31.0. The van der Waals surface area contributed by atoms with Crippen LogP contribution in [-0.4, -0.2) is 41.8 Å². The number of carbonyl (C=O) groups is 2. The molecule has 1 unspecified atom stereocenters. The molecule has 11 heteroatoms. The zero-order valence-corrected chi connectivity index (χ0v) is 25.8. The van der Waals surface area contributed by atoms with Gasteiger partial charge in [-0.25, -0.2) is 4.79 Å². The van der Waals surface area contributed by atoms with Crippen molar-refractivity contribution in [3.8, 4) is 28.4 Å². The normalized spacial score (nSPS) is 17.2. The molecule has 0 aliphatic carbocycles. The Morgan fingerprint density at radius 3 is 2.48 bits per heavy atom. The summed E-state index contributed by atoms with van der Waals surface area (Å²) in [6.07, 6.45) is -2.15. The van der Waals surface area contributed by atoms with E-state index in [0.29, 0.717) is 46.6 Å². The van der Waals surface area contributed by atoms with Gasteiger partial charge in [0.1, 0.15) is 11.3 Å². The summed E-state index contributed by atoms with van der Waals surface area (Å²) in [4.78, 5) is 31.6. The van der Waals surface area contributed by atoms with Gasteiger partial charge in [-0.1, -0.05) is 60.7 Å². The summed E-state index contributed by atoms with van der Waals surface area (Å²) in [5.74, 6) is 1.27. The third-order valence-corrected chi connectivity index (χ3v) is 8.68. The Labute approximate surface area is 274 Å². The number of hydrogen-bond acceptors (Lipinski definition) is 6. The molecule has 0 saturated carbocycles. The van der Waals surface area contributed by atoms with Gasteiger partial charge in [0.25, 0.3) is 5.91 Å². The van der Waals surface area contributed by atoms with Crippen molar-refractivity contribution >= 4 is 22.8 Å². The maximum absolute atomic E-state index is 13.9. The summed E-state index contributed by atoms with van der Waals surface area (Å²) in [6, 6.07) is 25.6. The lowest BCUT2D eigenvalue weighted by Crippen LogP contribution is -2.41. The van der Waals surface area contributed by atoms with E-state index >= 15 is 0 Å². The number of urea groups is 1. The summed E-state index contributed by atoms with van der Waals surface area (Å²) < 4.78 is 58.4. The van der Waals surface area contributed by atoms with Gasteiger partial charge in [0.05, 0.1) is 17.7 Å². The fourth-order valence-corrected chi connectivity index (χ4v) is 6.22. The van der Waals surface area contributed by atoms with Crippen molar-refractivity contribution in [1.29, 1.82) is 0 Å². The van der Waals surface area contributed by atoms with Gasteiger partial charge < -0.3 is 19.5 Å². The van der Waals surface area contributed by atoms with Crippen molar-refractivity contribution in [1.82, 2.24) is 15.2 Å². The summed E-state index contributed by atoms with van der Waals surface area (Å²) in [6.45, 7) is 2.13. The van der Waals surface area contributed by atoms with Gasteiger partial charge in [0.15, 0.2) is 11.5 Å². The van der Waals surface area contributed by atoms with Crippen LogP contribution in [0, 0.1) is 0 Å². The minimum Gasteiger partial charge on any atom is -0.494 e. The molecule has 0 bridgehead atoms. The van der Waals surface area contributed by atoms with E-state index in [-0.39, 0.29) is 31.4 Å². The van der Waals surface area contributed by atoms with Gasteiger partial charge >= 0.3 is 12.2 Å².